The lowest BCUT2D eigenvalue weighted by molar-refractivity contribution is 0.0914. The topological polar surface area (TPSA) is 61.8 Å². The average molecular weight is 523 g/mol. The molecule has 0 unspecified atom stereocenters. The van der Waals surface area contributed by atoms with Crippen molar-refractivity contribution in [3.63, 3.8) is 0 Å². The second kappa shape index (κ2) is 12.0. The van der Waals surface area contributed by atoms with Gasteiger partial charge in [0.05, 0.1) is 0 Å². The summed E-state index contributed by atoms with van der Waals surface area (Å²) < 4.78 is 18.6. The van der Waals surface area contributed by atoms with E-state index >= 15 is 0 Å². The van der Waals surface area contributed by atoms with Crippen LogP contribution in [0.25, 0.3) is 0 Å². The predicted molar refractivity (Wildman–Crippen MR) is 154 cm³/mol. The highest BCUT2D eigenvalue weighted by atomic mass is 16.5. The van der Waals surface area contributed by atoms with Crippen LogP contribution in [0.1, 0.15) is 54.1 Å². The second-order valence-electron chi connectivity index (χ2n) is 9.85. The first-order chi connectivity index (χ1) is 18.7. The number of hydrogen-bond acceptors (Lipinski definition) is 5. The van der Waals surface area contributed by atoms with Gasteiger partial charge in [-0.15, -0.1) is 0 Å². The Kier molecular flexibility index (Phi) is 8.50. The fourth-order valence-corrected chi connectivity index (χ4v) is 4.85. The molecule has 0 aliphatic carbocycles. The molecule has 0 saturated heterocycles. The number of Topliss-reactive ketones (excluding diaryl/α,β-unsaturated/α-hetero) is 2. The minimum atomic E-state index is -0.0884. The summed E-state index contributed by atoms with van der Waals surface area (Å²) in [6.45, 7) is 11.6. The number of ketones is 2. The molecule has 0 fully saturated rings. The number of benzene rings is 4. The van der Waals surface area contributed by atoms with Gasteiger partial charge in [-0.3, -0.25) is 9.59 Å². The Morgan fingerprint density at radius 1 is 0.513 bits per heavy atom. The fourth-order valence-electron chi connectivity index (χ4n) is 4.85. The summed E-state index contributed by atoms with van der Waals surface area (Å²) >= 11 is 0. The zero-order valence-corrected chi connectivity index (χ0v) is 23.4. The lowest BCUT2D eigenvalue weighted by Crippen LogP contribution is -2.13. The Balaban J connectivity index is 1.59. The summed E-state index contributed by atoms with van der Waals surface area (Å²) in [7, 11) is 0. The predicted octanol–water partition coefficient (Wildman–Crippen LogP) is 7.85. The second-order valence-corrected chi connectivity index (χ2v) is 9.85. The van der Waals surface area contributed by atoms with Crippen LogP contribution in [0.5, 0.6) is 23.0 Å². The van der Waals surface area contributed by atoms with Gasteiger partial charge in [0, 0.05) is 22.3 Å². The molecular formula is C34H34O5. The first kappa shape index (κ1) is 27.6. The summed E-state index contributed by atoms with van der Waals surface area (Å²) in [5.41, 5.74) is 6.61. The molecule has 0 atom stereocenters. The average Bonchev–Trinajstić information content (AvgIpc) is 2.92. The van der Waals surface area contributed by atoms with Crippen LogP contribution < -0.4 is 14.2 Å². The van der Waals surface area contributed by atoms with Gasteiger partial charge in [-0.25, -0.2) is 0 Å². The van der Waals surface area contributed by atoms with E-state index in [1.165, 1.54) is 0 Å². The van der Waals surface area contributed by atoms with Gasteiger partial charge in [0.1, 0.15) is 23.0 Å². The van der Waals surface area contributed by atoms with E-state index in [0.717, 1.165) is 33.4 Å². The van der Waals surface area contributed by atoms with Crippen LogP contribution >= 0.6 is 0 Å². The van der Waals surface area contributed by atoms with Crippen molar-refractivity contribution in [2.45, 2.75) is 41.5 Å². The zero-order chi connectivity index (χ0) is 28.1. The SMILES string of the molecule is Cc1cc(C)c(Oc2c(C)cc(C)c(OCC(=O)c3ccccc3)c2C)c(C)c1OCC(=O)c1ccccc1. The van der Waals surface area contributed by atoms with E-state index < -0.39 is 0 Å². The molecule has 4 aromatic carbocycles. The number of carbonyl (C=O) groups excluding carboxylic acids is 2. The highest BCUT2D eigenvalue weighted by molar-refractivity contribution is 5.97. The Morgan fingerprint density at radius 3 is 1.21 bits per heavy atom. The van der Waals surface area contributed by atoms with E-state index in [1.807, 2.05) is 90.1 Å². The van der Waals surface area contributed by atoms with Gasteiger partial charge >= 0.3 is 0 Å². The van der Waals surface area contributed by atoms with Gasteiger partial charge in [0.15, 0.2) is 24.8 Å². The quantitative estimate of drug-likeness (QED) is 0.198. The molecule has 0 heterocycles. The maximum absolute atomic E-state index is 12.6. The van der Waals surface area contributed by atoms with Crippen molar-refractivity contribution >= 4 is 11.6 Å². The summed E-state index contributed by atoms with van der Waals surface area (Å²) in [5, 5.41) is 0. The van der Waals surface area contributed by atoms with Crippen LogP contribution in [0.15, 0.2) is 72.8 Å². The van der Waals surface area contributed by atoms with E-state index in [4.69, 9.17) is 14.2 Å². The molecular weight excluding hydrogens is 488 g/mol. The highest BCUT2D eigenvalue weighted by Crippen LogP contribution is 2.42. The van der Waals surface area contributed by atoms with Crippen LogP contribution in [0.3, 0.4) is 0 Å². The van der Waals surface area contributed by atoms with E-state index in [9.17, 15) is 9.59 Å². The van der Waals surface area contributed by atoms with Crippen molar-refractivity contribution in [3.8, 4) is 23.0 Å². The maximum Gasteiger partial charge on any atom is 0.200 e. The monoisotopic (exact) mass is 522 g/mol. The minimum Gasteiger partial charge on any atom is -0.485 e. The number of aryl methyl sites for hydroxylation is 4. The molecule has 0 N–H and O–H groups in total. The van der Waals surface area contributed by atoms with Crippen LogP contribution in [0.2, 0.25) is 0 Å². The molecule has 0 aliphatic rings. The van der Waals surface area contributed by atoms with Crippen molar-refractivity contribution in [2.24, 2.45) is 0 Å². The van der Waals surface area contributed by atoms with Crippen LogP contribution in [0.4, 0.5) is 0 Å². The molecule has 39 heavy (non-hydrogen) atoms. The van der Waals surface area contributed by atoms with Crippen molar-refractivity contribution in [1.29, 1.82) is 0 Å². The van der Waals surface area contributed by atoms with E-state index in [-0.39, 0.29) is 24.8 Å². The molecule has 0 spiro atoms. The van der Waals surface area contributed by atoms with E-state index in [2.05, 4.69) is 0 Å². The van der Waals surface area contributed by atoms with Crippen molar-refractivity contribution < 1.29 is 23.8 Å². The van der Waals surface area contributed by atoms with Crippen molar-refractivity contribution in [2.75, 3.05) is 13.2 Å². The van der Waals surface area contributed by atoms with Gasteiger partial charge in [-0.2, -0.15) is 0 Å². The van der Waals surface area contributed by atoms with Crippen molar-refractivity contribution in [1.82, 2.24) is 0 Å². The van der Waals surface area contributed by atoms with Gasteiger partial charge < -0.3 is 14.2 Å². The Labute approximate surface area is 230 Å². The molecule has 0 bridgehead atoms. The lowest BCUT2D eigenvalue weighted by Gasteiger charge is -2.22. The van der Waals surface area contributed by atoms with Crippen LogP contribution in [0, 0.1) is 41.5 Å². The minimum absolute atomic E-state index is 0.0653. The highest BCUT2D eigenvalue weighted by Gasteiger charge is 2.20. The first-order valence-electron chi connectivity index (χ1n) is 13.0. The standard InChI is InChI=1S/C34H34O5/c1-21-17-23(3)33(25(5)31(21)37-19-29(35)27-13-9-7-10-14-27)39-34-24(4)18-22(2)32(26(34)6)38-20-30(36)28-15-11-8-12-16-28/h7-18H,19-20H2,1-6H3. The summed E-state index contributed by atoms with van der Waals surface area (Å²) in [4.78, 5) is 25.3. The largest absolute Gasteiger partial charge is 0.485 e. The Bertz CT molecular complexity index is 1390. The third-order valence-electron chi connectivity index (χ3n) is 6.75. The summed E-state index contributed by atoms with van der Waals surface area (Å²) in [6, 6.07) is 22.2. The summed E-state index contributed by atoms with van der Waals surface area (Å²) in [6.07, 6.45) is 0. The smallest absolute Gasteiger partial charge is 0.200 e. The van der Waals surface area contributed by atoms with Gasteiger partial charge in [0.25, 0.3) is 0 Å². The van der Waals surface area contributed by atoms with Crippen LogP contribution in [-0.4, -0.2) is 24.8 Å². The van der Waals surface area contributed by atoms with E-state index in [0.29, 0.717) is 34.1 Å². The molecule has 0 saturated carbocycles. The Morgan fingerprint density at radius 2 is 0.846 bits per heavy atom. The fraction of sp³-hybridized carbons (Fsp3) is 0.235. The number of ether oxygens (including phenoxy) is 3. The lowest BCUT2D eigenvalue weighted by atomic mass is 10.0. The van der Waals surface area contributed by atoms with Crippen LogP contribution in [-0.2, 0) is 0 Å². The number of hydrogen-bond donors (Lipinski definition) is 0. The molecule has 0 amide bonds. The normalized spacial score (nSPS) is 10.7. The third-order valence-corrected chi connectivity index (χ3v) is 6.75. The molecule has 0 aromatic heterocycles. The molecule has 4 rings (SSSR count). The first-order valence-corrected chi connectivity index (χ1v) is 13.0. The van der Waals surface area contributed by atoms with Crippen molar-refractivity contribution in [3.05, 3.63) is 117 Å². The summed E-state index contributed by atoms with van der Waals surface area (Å²) in [5.74, 6) is 2.43. The third kappa shape index (κ3) is 6.20. The molecule has 5 heteroatoms. The number of carbonyl (C=O) groups is 2. The van der Waals surface area contributed by atoms with Gasteiger partial charge in [-0.1, -0.05) is 60.7 Å². The van der Waals surface area contributed by atoms with Gasteiger partial charge in [-0.05, 0) is 75.9 Å². The molecule has 4 aromatic rings. The van der Waals surface area contributed by atoms with E-state index in [1.54, 1.807) is 24.3 Å². The maximum atomic E-state index is 12.6. The van der Waals surface area contributed by atoms with Gasteiger partial charge in [0.2, 0.25) is 0 Å². The zero-order valence-electron chi connectivity index (χ0n) is 23.4. The molecule has 0 aliphatic heterocycles. The molecule has 0 radical (unpaired) electrons. The molecule has 200 valence electrons. The molecule has 5 nitrogen and oxygen atoms in total. The number of rotatable bonds is 10. The Hall–Kier alpha value is -4.38.